The molecule has 2 heterocycles. The van der Waals surface area contributed by atoms with Gasteiger partial charge in [-0.3, -0.25) is 13.9 Å². The normalized spacial score (nSPS) is 23.3. The number of benzene rings is 1. The number of halogens is 3. The summed E-state index contributed by atoms with van der Waals surface area (Å²) in [5.41, 5.74) is -0.626. The molecule has 12 heteroatoms. The van der Waals surface area contributed by atoms with E-state index in [0.29, 0.717) is 0 Å². The second-order valence-electron chi connectivity index (χ2n) is 6.49. The number of nitrogens with zero attached hydrogens (tertiary/aromatic N) is 2. The van der Waals surface area contributed by atoms with E-state index in [4.69, 9.17) is 4.74 Å². The Hall–Kier alpha value is -2.34. The van der Waals surface area contributed by atoms with Gasteiger partial charge >= 0.3 is 6.09 Å². The number of amides is 1. The number of alkyl halides is 1. The maximum Gasteiger partial charge on any atom is 0.414 e. The number of anilines is 2. The summed E-state index contributed by atoms with van der Waals surface area (Å²) in [4.78, 5) is 25.2. The summed E-state index contributed by atoms with van der Waals surface area (Å²) in [7, 11) is -3.74. The molecule has 0 spiro atoms. The Morgan fingerprint density at radius 2 is 1.86 bits per heavy atom. The van der Waals surface area contributed by atoms with Gasteiger partial charge in [0.15, 0.2) is 23.6 Å². The van der Waals surface area contributed by atoms with E-state index in [1.54, 1.807) is 0 Å². The molecule has 0 aliphatic carbocycles. The van der Waals surface area contributed by atoms with Gasteiger partial charge in [0.25, 0.3) is 10.1 Å². The fourth-order valence-corrected chi connectivity index (χ4v) is 3.42. The molecule has 2 aliphatic rings. The van der Waals surface area contributed by atoms with Crippen molar-refractivity contribution in [1.82, 2.24) is 0 Å². The predicted octanol–water partition coefficient (Wildman–Crippen LogP) is 1.38. The molecule has 2 fully saturated rings. The van der Waals surface area contributed by atoms with Crippen LogP contribution in [-0.4, -0.2) is 65.1 Å². The lowest BCUT2D eigenvalue weighted by atomic mass is 10.1. The topological polar surface area (TPSA) is 93.2 Å². The summed E-state index contributed by atoms with van der Waals surface area (Å²) in [6.07, 6.45) is -3.01. The molecule has 2 atom stereocenters. The van der Waals surface area contributed by atoms with Crippen LogP contribution in [0.25, 0.3) is 0 Å². The highest BCUT2D eigenvalue weighted by Crippen LogP contribution is 2.32. The summed E-state index contributed by atoms with van der Waals surface area (Å²) >= 11 is 0. The van der Waals surface area contributed by atoms with Gasteiger partial charge in [-0.15, -0.1) is 0 Å². The van der Waals surface area contributed by atoms with E-state index in [1.165, 1.54) is 0 Å². The second kappa shape index (κ2) is 7.59. The first-order valence-electron chi connectivity index (χ1n) is 8.28. The van der Waals surface area contributed by atoms with Gasteiger partial charge in [0.05, 0.1) is 25.0 Å². The molecule has 1 unspecified atom stereocenters. The number of ether oxygens (including phenoxy) is 1. The number of cyclic esters (lactones) is 1. The Morgan fingerprint density at radius 3 is 2.43 bits per heavy atom. The zero-order valence-electron chi connectivity index (χ0n) is 14.7. The Bertz CT molecular complexity index is 887. The van der Waals surface area contributed by atoms with Gasteiger partial charge in [-0.05, 0) is 0 Å². The zero-order chi connectivity index (χ0) is 20.6. The van der Waals surface area contributed by atoms with Gasteiger partial charge < -0.3 is 9.64 Å². The van der Waals surface area contributed by atoms with Crippen molar-refractivity contribution in [2.24, 2.45) is 0 Å². The Labute approximate surface area is 158 Å². The van der Waals surface area contributed by atoms with E-state index >= 15 is 0 Å². The van der Waals surface area contributed by atoms with E-state index in [1.807, 2.05) is 0 Å². The zero-order valence-corrected chi connectivity index (χ0v) is 15.5. The van der Waals surface area contributed by atoms with Gasteiger partial charge in [0, 0.05) is 25.1 Å². The van der Waals surface area contributed by atoms with Crippen LogP contribution in [0.5, 0.6) is 0 Å². The second-order valence-corrected chi connectivity index (χ2v) is 8.14. The van der Waals surface area contributed by atoms with Gasteiger partial charge in [-0.2, -0.15) is 8.42 Å². The lowest BCUT2D eigenvalue weighted by Crippen LogP contribution is -2.43. The Morgan fingerprint density at radius 1 is 1.21 bits per heavy atom. The summed E-state index contributed by atoms with van der Waals surface area (Å²) in [5, 5.41) is 0. The first-order valence-corrected chi connectivity index (χ1v) is 10.1. The number of carbonyl (C=O) groups excluding carboxylic acids is 2. The molecule has 28 heavy (non-hydrogen) atoms. The molecule has 8 nitrogen and oxygen atoms in total. The van der Waals surface area contributed by atoms with Crippen LogP contribution in [0.15, 0.2) is 12.1 Å². The van der Waals surface area contributed by atoms with Crippen molar-refractivity contribution in [3.8, 4) is 0 Å². The lowest BCUT2D eigenvalue weighted by Gasteiger charge is -2.31. The SMILES string of the molecule is CS(=O)(=O)OC[C@H]1CN(c2cc(F)c(N3CCC(=O)C(F)C3)c(F)c2)C(=O)O1. The summed E-state index contributed by atoms with van der Waals surface area (Å²) in [6.45, 7) is -1.08. The van der Waals surface area contributed by atoms with Crippen molar-refractivity contribution in [2.45, 2.75) is 18.7 Å². The minimum absolute atomic E-state index is 0.0247. The summed E-state index contributed by atoms with van der Waals surface area (Å²) in [6, 6.07) is 1.78. The molecule has 2 aliphatic heterocycles. The molecule has 0 radical (unpaired) electrons. The van der Waals surface area contributed by atoms with E-state index in [-0.39, 0.29) is 25.2 Å². The number of hydrogen-bond acceptors (Lipinski definition) is 7. The molecule has 0 bridgehead atoms. The maximum atomic E-state index is 14.5. The van der Waals surface area contributed by atoms with Crippen molar-refractivity contribution in [3.63, 3.8) is 0 Å². The van der Waals surface area contributed by atoms with Crippen molar-refractivity contribution < 1.29 is 40.1 Å². The number of hydrogen-bond donors (Lipinski definition) is 0. The van der Waals surface area contributed by atoms with E-state index < -0.39 is 64.7 Å². The first-order chi connectivity index (χ1) is 13.0. The average molecular weight is 422 g/mol. The minimum atomic E-state index is -3.74. The highest BCUT2D eigenvalue weighted by molar-refractivity contribution is 7.85. The number of Topliss-reactive ketones (excluding diaryl/α,β-unsaturated/α-hetero) is 1. The van der Waals surface area contributed by atoms with Crippen LogP contribution in [0.3, 0.4) is 0 Å². The molecular formula is C16H17F3N2O6S. The molecule has 0 aromatic heterocycles. The Kier molecular flexibility index (Phi) is 5.53. The van der Waals surface area contributed by atoms with Crippen LogP contribution in [0, 0.1) is 11.6 Å². The number of piperidine rings is 1. The Balaban J connectivity index is 1.77. The van der Waals surface area contributed by atoms with Gasteiger partial charge in [-0.1, -0.05) is 0 Å². The quantitative estimate of drug-likeness (QED) is 0.662. The monoisotopic (exact) mass is 422 g/mol. The fourth-order valence-electron chi connectivity index (χ4n) is 3.02. The third-order valence-electron chi connectivity index (χ3n) is 4.33. The average Bonchev–Trinajstić information content (AvgIpc) is 2.96. The minimum Gasteiger partial charge on any atom is -0.441 e. The van der Waals surface area contributed by atoms with Crippen LogP contribution in [0.1, 0.15) is 6.42 Å². The molecule has 3 rings (SSSR count). The van der Waals surface area contributed by atoms with Crippen molar-refractivity contribution >= 4 is 33.4 Å². The number of rotatable bonds is 5. The molecule has 0 saturated carbocycles. The van der Waals surface area contributed by atoms with Crippen molar-refractivity contribution in [1.29, 1.82) is 0 Å². The highest BCUT2D eigenvalue weighted by Gasteiger charge is 2.35. The summed E-state index contributed by atoms with van der Waals surface area (Å²) in [5.74, 6) is -2.67. The smallest absolute Gasteiger partial charge is 0.414 e. The molecule has 154 valence electrons. The largest absolute Gasteiger partial charge is 0.441 e. The highest BCUT2D eigenvalue weighted by atomic mass is 32.2. The third kappa shape index (κ3) is 4.38. The molecule has 2 saturated heterocycles. The van der Waals surface area contributed by atoms with Crippen LogP contribution in [0.4, 0.5) is 29.3 Å². The van der Waals surface area contributed by atoms with Gasteiger partial charge in [0.1, 0.15) is 18.4 Å². The van der Waals surface area contributed by atoms with Crippen LogP contribution >= 0.6 is 0 Å². The molecule has 1 aromatic carbocycles. The van der Waals surface area contributed by atoms with E-state index in [9.17, 15) is 31.2 Å². The van der Waals surface area contributed by atoms with Gasteiger partial charge in [-0.25, -0.2) is 18.0 Å². The fraction of sp³-hybridized carbons (Fsp3) is 0.500. The van der Waals surface area contributed by atoms with Crippen molar-refractivity contribution in [3.05, 3.63) is 23.8 Å². The lowest BCUT2D eigenvalue weighted by molar-refractivity contribution is -0.124. The maximum absolute atomic E-state index is 14.5. The van der Waals surface area contributed by atoms with E-state index in [0.717, 1.165) is 28.2 Å². The van der Waals surface area contributed by atoms with Crippen molar-refractivity contribution in [2.75, 3.05) is 42.3 Å². The first kappa shape index (κ1) is 20.4. The molecular weight excluding hydrogens is 405 g/mol. The third-order valence-corrected chi connectivity index (χ3v) is 4.89. The molecule has 1 amide bonds. The summed E-state index contributed by atoms with van der Waals surface area (Å²) < 4.78 is 74.2. The predicted molar refractivity (Wildman–Crippen MR) is 91.5 cm³/mol. The van der Waals surface area contributed by atoms with Crippen LogP contribution in [-0.2, 0) is 23.8 Å². The number of ketones is 1. The molecule has 1 aromatic rings. The van der Waals surface area contributed by atoms with Crippen LogP contribution < -0.4 is 9.80 Å². The number of carbonyl (C=O) groups is 2. The van der Waals surface area contributed by atoms with Crippen LogP contribution in [0.2, 0.25) is 0 Å². The van der Waals surface area contributed by atoms with Gasteiger partial charge in [0.2, 0.25) is 0 Å². The van der Waals surface area contributed by atoms with E-state index in [2.05, 4.69) is 4.18 Å². The molecule has 0 N–H and O–H groups in total. The standard InChI is InChI=1S/C16H17F3N2O6S/c1-28(24,25)26-8-10-6-21(16(23)27-10)9-4-11(17)15(12(18)5-9)20-3-2-14(22)13(19)7-20/h4-5,10,13H,2-3,6-8H2,1H3/t10-,13?/m1/s1.